The minimum Gasteiger partial charge on any atom is -0.337 e. The number of nitrogens with one attached hydrogen (secondary N) is 1. The van der Waals surface area contributed by atoms with Gasteiger partial charge in [0.25, 0.3) is 0 Å². The van der Waals surface area contributed by atoms with E-state index in [1.165, 1.54) is 0 Å². The summed E-state index contributed by atoms with van der Waals surface area (Å²) >= 11 is 0. The Kier molecular flexibility index (Phi) is 2.72. The van der Waals surface area contributed by atoms with Crippen LogP contribution in [0.15, 0.2) is 0 Å². The summed E-state index contributed by atoms with van der Waals surface area (Å²) in [5, 5.41) is 2.79. The third-order valence-electron chi connectivity index (χ3n) is 2.98. The van der Waals surface area contributed by atoms with E-state index >= 15 is 0 Å². The molecule has 0 aromatic heterocycles. The van der Waals surface area contributed by atoms with E-state index in [1.54, 1.807) is 11.9 Å². The van der Waals surface area contributed by atoms with Crippen LogP contribution in [0.2, 0.25) is 0 Å². The zero-order valence-corrected chi connectivity index (χ0v) is 9.59. The summed E-state index contributed by atoms with van der Waals surface area (Å²) < 4.78 is 23.1. The molecule has 2 fully saturated rings. The number of carbonyl (C=O) groups is 1. The fourth-order valence-corrected chi connectivity index (χ4v) is 3.37. The van der Waals surface area contributed by atoms with Crippen molar-refractivity contribution in [2.45, 2.75) is 24.9 Å². The molecule has 0 radical (unpaired) electrons. The number of likely N-dealkylation sites (N-methyl/N-ethyl adjacent to an activating group) is 1. The standard InChI is InChI=1S/C9H16N2O3S/c1-10-8-6-15(13,14)5-4-11(9(8)12)7-2-3-7/h7-8,10H,2-6H2,1H3. The molecular weight excluding hydrogens is 216 g/mol. The lowest BCUT2D eigenvalue weighted by Gasteiger charge is -2.22. The quantitative estimate of drug-likeness (QED) is 0.663. The van der Waals surface area contributed by atoms with Crippen LogP contribution in [0.4, 0.5) is 0 Å². The van der Waals surface area contributed by atoms with Crippen LogP contribution in [0.1, 0.15) is 12.8 Å². The fourth-order valence-electron chi connectivity index (χ4n) is 1.91. The van der Waals surface area contributed by atoms with E-state index < -0.39 is 15.9 Å². The molecule has 2 rings (SSSR count). The Morgan fingerprint density at radius 2 is 2.07 bits per heavy atom. The molecular formula is C9H16N2O3S. The van der Waals surface area contributed by atoms with Crippen LogP contribution in [0, 0.1) is 0 Å². The molecule has 1 heterocycles. The van der Waals surface area contributed by atoms with Gasteiger partial charge in [-0.25, -0.2) is 8.42 Å². The van der Waals surface area contributed by atoms with Crippen molar-refractivity contribution in [3.05, 3.63) is 0 Å². The number of hydrogen-bond donors (Lipinski definition) is 1. The molecule has 15 heavy (non-hydrogen) atoms. The fraction of sp³-hybridized carbons (Fsp3) is 0.889. The largest absolute Gasteiger partial charge is 0.337 e. The average Bonchev–Trinajstić information content (AvgIpc) is 2.96. The summed E-state index contributed by atoms with van der Waals surface area (Å²) in [6.07, 6.45) is 2.03. The molecule has 1 saturated heterocycles. The molecule has 0 spiro atoms. The molecule has 1 aliphatic heterocycles. The van der Waals surface area contributed by atoms with E-state index in [9.17, 15) is 13.2 Å². The highest BCUT2D eigenvalue weighted by Crippen LogP contribution is 2.28. The van der Waals surface area contributed by atoms with Gasteiger partial charge in [0.05, 0.1) is 11.5 Å². The Morgan fingerprint density at radius 3 is 2.60 bits per heavy atom. The van der Waals surface area contributed by atoms with E-state index in [1.807, 2.05) is 0 Å². The Hall–Kier alpha value is -0.620. The second kappa shape index (κ2) is 3.75. The Morgan fingerprint density at radius 1 is 1.40 bits per heavy atom. The van der Waals surface area contributed by atoms with Crippen LogP contribution in [-0.4, -0.2) is 56.4 Å². The van der Waals surface area contributed by atoms with Gasteiger partial charge in [-0.15, -0.1) is 0 Å². The molecule has 0 aromatic carbocycles. The summed E-state index contributed by atoms with van der Waals surface area (Å²) in [5.41, 5.74) is 0. The zero-order chi connectivity index (χ0) is 11.1. The maximum absolute atomic E-state index is 11.9. The van der Waals surface area contributed by atoms with Crippen molar-refractivity contribution < 1.29 is 13.2 Å². The van der Waals surface area contributed by atoms with Gasteiger partial charge in [0.2, 0.25) is 5.91 Å². The molecule has 1 unspecified atom stereocenters. The molecule has 1 amide bonds. The summed E-state index contributed by atoms with van der Waals surface area (Å²) in [6.45, 7) is 0.365. The van der Waals surface area contributed by atoms with Crippen molar-refractivity contribution in [3.63, 3.8) is 0 Å². The van der Waals surface area contributed by atoms with Crippen LogP contribution in [0.5, 0.6) is 0 Å². The number of amides is 1. The highest BCUT2D eigenvalue weighted by atomic mass is 32.2. The van der Waals surface area contributed by atoms with Crippen LogP contribution in [-0.2, 0) is 14.6 Å². The van der Waals surface area contributed by atoms with Crippen molar-refractivity contribution in [1.29, 1.82) is 0 Å². The van der Waals surface area contributed by atoms with Gasteiger partial charge >= 0.3 is 0 Å². The molecule has 2 aliphatic rings. The maximum atomic E-state index is 11.9. The predicted octanol–water partition coefficient (Wildman–Crippen LogP) is -1.01. The van der Waals surface area contributed by atoms with E-state index in [0.717, 1.165) is 12.8 Å². The van der Waals surface area contributed by atoms with Gasteiger partial charge < -0.3 is 10.2 Å². The Balaban J connectivity index is 2.20. The summed E-state index contributed by atoms with van der Waals surface area (Å²) in [4.78, 5) is 13.7. The minimum absolute atomic E-state index is 0.0546. The predicted molar refractivity (Wildman–Crippen MR) is 56.2 cm³/mol. The van der Waals surface area contributed by atoms with Gasteiger partial charge in [0.1, 0.15) is 6.04 Å². The van der Waals surface area contributed by atoms with Crippen molar-refractivity contribution in [1.82, 2.24) is 10.2 Å². The zero-order valence-electron chi connectivity index (χ0n) is 8.77. The third-order valence-corrected chi connectivity index (χ3v) is 4.63. The van der Waals surface area contributed by atoms with Gasteiger partial charge in [-0.2, -0.15) is 0 Å². The van der Waals surface area contributed by atoms with Crippen LogP contribution >= 0.6 is 0 Å². The van der Waals surface area contributed by atoms with Crippen molar-refractivity contribution in [3.8, 4) is 0 Å². The SMILES string of the molecule is CNC1CS(=O)(=O)CCN(C2CC2)C1=O. The number of hydrogen-bond acceptors (Lipinski definition) is 4. The Labute approximate surface area is 89.7 Å². The van der Waals surface area contributed by atoms with E-state index in [0.29, 0.717) is 12.6 Å². The third kappa shape index (κ3) is 2.31. The maximum Gasteiger partial charge on any atom is 0.241 e. The van der Waals surface area contributed by atoms with Gasteiger partial charge in [-0.1, -0.05) is 0 Å². The number of nitrogens with zero attached hydrogens (tertiary/aromatic N) is 1. The monoisotopic (exact) mass is 232 g/mol. The smallest absolute Gasteiger partial charge is 0.241 e. The number of rotatable bonds is 2. The summed E-state index contributed by atoms with van der Waals surface area (Å²) in [7, 11) is -1.44. The lowest BCUT2D eigenvalue weighted by molar-refractivity contribution is -0.132. The second-order valence-corrected chi connectivity index (χ2v) is 6.45. The molecule has 1 atom stereocenters. The van der Waals surface area contributed by atoms with Crippen molar-refractivity contribution in [2.75, 3.05) is 25.1 Å². The molecule has 1 saturated carbocycles. The first-order valence-electron chi connectivity index (χ1n) is 5.21. The highest BCUT2D eigenvalue weighted by Gasteiger charge is 2.39. The number of carbonyl (C=O) groups excluding carboxylic acids is 1. The summed E-state index contributed by atoms with van der Waals surface area (Å²) in [5.74, 6) is -0.0139. The van der Waals surface area contributed by atoms with Crippen LogP contribution < -0.4 is 5.32 Å². The van der Waals surface area contributed by atoms with Crippen molar-refractivity contribution in [2.24, 2.45) is 0 Å². The first-order valence-corrected chi connectivity index (χ1v) is 7.04. The average molecular weight is 232 g/mol. The van der Waals surface area contributed by atoms with Gasteiger partial charge in [-0.05, 0) is 19.9 Å². The molecule has 1 aliphatic carbocycles. The van der Waals surface area contributed by atoms with Gasteiger partial charge in [-0.3, -0.25) is 4.79 Å². The van der Waals surface area contributed by atoms with Gasteiger partial charge in [0.15, 0.2) is 9.84 Å². The molecule has 0 bridgehead atoms. The minimum atomic E-state index is -3.08. The molecule has 0 aromatic rings. The molecule has 1 N–H and O–H groups in total. The summed E-state index contributed by atoms with van der Waals surface area (Å²) in [6, 6.07) is -0.264. The topological polar surface area (TPSA) is 66.5 Å². The normalized spacial score (nSPS) is 31.4. The lowest BCUT2D eigenvalue weighted by Crippen LogP contribution is -2.47. The first-order chi connectivity index (χ1) is 7.03. The van der Waals surface area contributed by atoms with Gasteiger partial charge in [0, 0.05) is 12.6 Å². The van der Waals surface area contributed by atoms with E-state index in [-0.39, 0.29) is 17.4 Å². The second-order valence-electron chi connectivity index (χ2n) is 4.22. The molecule has 6 heteroatoms. The Bertz CT molecular complexity index is 362. The molecule has 5 nitrogen and oxygen atoms in total. The molecule has 86 valence electrons. The first kappa shape index (κ1) is 10.9. The van der Waals surface area contributed by atoms with E-state index in [4.69, 9.17) is 0 Å². The number of sulfone groups is 1. The lowest BCUT2D eigenvalue weighted by atomic mass is 10.3. The van der Waals surface area contributed by atoms with Crippen molar-refractivity contribution >= 4 is 15.7 Å². The van der Waals surface area contributed by atoms with Crippen LogP contribution in [0.3, 0.4) is 0 Å². The van der Waals surface area contributed by atoms with Crippen LogP contribution in [0.25, 0.3) is 0 Å². The highest BCUT2D eigenvalue weighted by molar-refractivity contribution is 7.91. The van der Waals surface area contributed by atoms with E-state index in [2.05, 4.69) is 5.32 Å².